The maximum absolute atomic E-state index is 13.4. The van der Waals surface area contributed by atoms with Gasteiger partial charge in [-0.2, -0.15) is 0 Å². The Morgan fingerprint density at radius 3 is 2.67 bits per heavy atom. The molecule has 5 aliphatic heterocycles. The predicted molar refractivity (Wildman–Crippen MR) is 169 cm³/mol. The van der Waals surface area contributed by atoms with Crippen molar-refractivity contribution in [1.82, 2.24) is 35.6 Å². The molecule has 0 radical (unpaired) electrons. The molecule has 5 heterocycles. The molecule has 1 aliphatic carbocycles. The lowest BCUT2D eigenvalue weighted by molar-refractivity contribution is -0.122. The Labute approximate surface area is 258 Å². The van der Waals surface area contributed by atoms with Gasteiger partial charge in [-0.1, -0.05) is 0 Å². The summed E-state index contributed by atoms with van der Waals surface area (Å²) >= 11 is 2.01. The van der Waals surface area contributed by atoms with Crippen LogP contribution >= 0.6 is 11.8 Å². The molecule has 0 aromatic heterocycles. The second-order valence-electron chi connectivity index (χ2n) is 13.4. The average Bonchev–Trinajstić information content (AvgIpc) is 3.68. The fraction of sp³-hybridized carbons (Fsp3) is 0.968. The third-order valence-electron chi connectivity index (χ3n) is 10.9. The van der Waals surface area contributed by atoms with Crippen LogP contribution in [0.3, 0.4) is 0 Å². The van der Waals surface area contributed by atoms with Crippen molar-refractivity contribution < 1.29 is 14.3 Å². The molecule has 6 rings (SSSR count). The summed E-state index contributed by atoms with van der Waals surface area (Å²) in [6, 6.07) is 1.51. The van der Waals surface area contributed by atoms with Crippen molar-refractivity contribution in [1.29, 1.82) is 0 Å². The normalized spacial score (nSPS) is 36.9. The number of hydrogen-bond acceptors (Lipinski definition) is 10. The SMILES string of the molecule is COC1CCC2CCCNC2C1N1CCCN(C(CC(=O)NCCN2CCCC2)C2CSC(N3CCOCC3)N2)CC1. The van der Waals surface area contributed by atoms with Gasteiger partial charge in [0.15, 0.2) is 0 Å². The average molecular weight is 608 g/mol. The molecule has 0 aromatic carbocycles. The number of methoxy groups -OCH3 is 1. The quantitative estimate of drug-likeness (QED) is 0.332. The Morgan fingerprint density at radius 1 is 0.976 bits per heavy atom. The first kappa shape index (κ1) is 31.5. The van der Waals surface area contributed by atoms with E-state index in [9.17, 15) is 4.79 Å². The number of likely N-dealkylation sites (tertiary alicyclic amines) is 1. The molecule has 0 spiro atoms. The van der Waals surface area contributed by atoms with Crippen LogP contribution in [0.15, 0.2) is 0 Å². The number of nitrogens with zero attached hydrogens (tertiary/aromatic N) is 4. The Kier molecular flexibility index (Phi) is 11.7. The lowest BCUT2D eigenvalue weighted by Gasteiger charge is -2.49. The highest BCUT2D eigenvalue weighted by molar-refractivity contribution is 8.00. The molecule has 6 fully saturated rings. The number of rotatable bonds is 10. The Balaban J connectivity index is 1.10. The van der Waals surface area contributed by atoms with E-state index in [-0.39, 0.29) is 11.9 Å². The van der Waals surface area contributed by atoms with Crippen molar-refractivity contribution >= 4 is 17.7 Å². The highest BCUT2D eigenvalue weighted by atomic mass is 32.2. The molecule has 5 saturated heterocycles. The Morgan fingerprint density at radius 2 is 1.83 bits per heavy atom. The lowest BCUT2D eigenvalue weighted by atomic mass is 9.74. The molecule has 1 saturated carbocycles. The first-order valence-corrected chi connectivity index (χ1v) is 18.2. The van der Waals surface area contributed by atoms with Gasteiger partial charge in [-0.25, -0.2) is 0 Å². The van der Waals surface area contributed by atoms with E-state index in [2.05, 4.69) is 35.6 Å². The monoisotopic (exact) mass is 607 g/mol. The number of carbonyl (C=O) groups excluding carboxylic acids is 1. The van der Waals surface area contributed by atoms with Crippen molar-refractivity contribution in [2.24, 2.45) is 5.92 Å². The topological polar surface area (TPSA) is 84.6 Å². The zero-order valence-corrected chi connectivity index (χ0v) is 26.8. The minimum Gasteiger partial charge on any atom is -0.380 e. The number of hydrogen-bond donors (Lipinski definition) is 3. The summed E-state index contributed by atoms with van der Waals surface area (Å²) in [4.78, 5) is 23.8. The lowest BCUT2D eigenvalue weighted by Crippen LogP contribution is -2.63. The van der Waals surface area contributed by atoms with Crippen molar-refractivity contribution in [3.8, 4) is 0 Å². The molecule has 0 bridgehead atoms. The molecule has 10 nitrogen and oxygen atoms in total. The molecule has 42 heavy (non-hydrogen) atoms. The van der Waals surface area contributed by atoms with Gasteiger partial charge in [0.2, 0.25) is 5.91 Å². The number of carbonyl (C=O) groups is 1. The van der Waals surface area contributed by atoms with E-state index in [1.54, 1.807) is 0 Å². The highest BCUT2D eigenvalue weighted by Gasteiger charge is 2.45. The zero-order valence-electron chi connectivity index (χ0n) is 26.0. The van der Waals surface area contributed by atoms with Crippen LogP contribution in [0.5, 0.6) is 0 Å². The standard InChI is InChI=1S/C31H57N7O3S/c1-40-27-8-7-24-6-4-9-33-29(24)30(27)37-14-5-13-36(16-17-37)26(22-28(39)32-10-15-35-11-2-3-12-35)25-23-42-31(34-25)38-18-20-41-21-19-38/h24-27,29-31,33-34H,2-23H2,1H3,(H,32,39). The van der Waals surface area contributed by atoms with Gasteiger partial charge in [0.1, 0.15) is 5.50 Å². The summed E-state index contributed by atoms with van der Waals surface area (Å²) in [5.74, 6) is 2.04. The summed E-state index contributed by atoms with van der Waals surface area (Å²) in [5.41, 5.74) is 0.321. The van der Waals surface area contributed by atoms with Crippen molar-refractivity contribution in [2.75, 3.05) is 98.1 Å². The van der Waals surface area contributed by atoms with Crippen LogP contribution in [0.25, 0.3) is 0 Å². The first-order chi connectivity index (χ1) is 20.7. The van der Waals surface area contributed by atoms with Gasteiger partial charge in [-0.3, -0.25) is 24.8 Å². The fourth-order valence-corrected chi connectivity index (χ4v) is 10.1. The van der Waals surface area contributed by atoms with Crippen LogP contribution in [-0.2, 0) is 14.3 Å². The largest absolute Gasteiger partial charge is 0.380 e. The Bertz CT molecular complexity index is 845. The van der Waals surface area contributed by atoms with Gasteiger partial charge in [-0.05, 0) is 83.6 Å². The molecule has 6 aliphatic rings. The van der Waals surface area contributed by atoms with Crippen LogP contribution < -0.4 is 16.0 Å². The van der Waals surface area contributed by atoms with Crippen LogP contribution in [0.1, 0.15) is 51.4 Å². The molecule has 7 atom stereocenters. The second-order valence-corrected chi connectivity index (χ2v) is 14.5. The van der Waals surface area contributed by atoms with Crippen LogP contribution in [-0.4, -0.2) is 159 Å². The molecule has 0 aromatic rings. The molecule has 7 unspecified atom stereocenters. The third-order valence-corrected chi connectivity index (χ3v) is 12.2. The number of thioether (sulfide) groups is 1. The second kappa shape index (κ2) is 15.7. The Hall–Kier alpha value is -0.500. The zero-order chi connectivity index (χ0) is 28.7. The van der Waals surface area contributed by atoms with Crippen molar-refractivity contribution in [3.63, 3.8) is 0 Å². The van der Waals surface area contributed by atoms with Gasteiger partial charge in [0, 0.05) is 76.7 Å². The van der Waals surface area contributed by atoms with E-state index < -0.39 is 0 Å². The minimum absolute atomic E-state index is 0.209. The van der Waals surface area contributed by atoms with Crippen LogP contribution in [0.2, 0.25) is 0 Å². The number of amides is 1. The summed E-state index contributed by atoms with van der Waals surface area (Å²) < 4.78 is 11.7. The van der Waals surface area contributed by atoms with Gasteiger partial charge >= 0.3 is 0 Å². The van der Waals surface area contributed by atoms with E-state index in [0.29, 0.717) is 36.1 Å². The third kappa shape index (κ3) is 7.83. The summed E-state index contributed by atoms with van der Waals surface area (Å²) in [6.07, 6.45) is 9.74. The summed E-state index contributed by atoms with van der Waals surface area (Å²) in [7, 11) is 1.91. The van der Waals surface area contributed by atoms with Crippen LogP contribution in [0.4, 0.5) is 0 Å². The summed E-state index contributed by atoms with van der Waals surface area (Å²) in [5, 5.41) is 11.2. The van der Waals surface area contributed by atoms with E-state index in [1.807, 2.05) is 18.9 Å². The van der Waals surface area contributed by atoms with E-state index in [1.165, 1.54) is 51.6 Å². The van der Waals surface area contributed by atoms with Crippen molar-refractivity contribution in [3.05, 3.63) is 0 Å². The van der Waals surface area contributed by atoms with Crippen molar-refractivity contribution in [2.45, 2.75) is 87.1 Å². The van der Waals surface area contributed by atoms with Gasteiger partial charge < -0.3 is 25.0 Å². The van der Waals surface area contributed by atoms with Gasteiger partial charge in [0.05, 0.1) is 25.4 Å². The number of morpholine rings is 1. The minimum atomic E-state index is 0.209. The first-order valence-electron chi connectivity index (χ1n) is 17.1. The number of nitrogens with one attached hydrogen (secondary N) is 3. The maximum atomic E-state index is 13.4. The highest BCUT2D eigenvalue weighted by Crippen LogP contribution is 2.36. The number of piperidine rings is 1. The number of ether oxygens (including phenoxy) is 2. The molecule has 3 N–H and O–H groups in total. The fourth-order valence-electron chi connectivity index (χ4n) is 8.66. The molecule has 1 amide bonds. The van der Waals surface area contributed by atoms with Crippen LogP contribution in [0, 0.1) is 5.92 Å². The molecule has 240 valence electrons. The predicted octanol–water partition coefficient (Wildman–Crippen LogP) is 0.831. The summed E-state index contributed by atoms with van der Waals surface area (Å²) in [6.45, 7) is 13.1. The molecule has 11 heteroatoms. The molecular formula is C31H57N7O3S. The van der Waals surface area contributed by atoms with Gasteiger partial charge in [0.25, 0.3) is 0 Å². The maximum Gasteiger partial charge on any atom is 0.221 e. The van der Waals surface area contributed by atoms with E-state index in [0.717, 1.165) is 90.2 Å². The smallest absolute Gasteiger partial charge is 0.221 e. The van der Waals surface area contributed by atoms with E-state index in [4.69, 9.17) is 9.47 Å². The molecular weight excluding hydrogens is 550 g/mol. The van der Waals surface area contributed by atoms with Gasteiger partial charge in [-0.15, -0.1) is 11.8 Å². The number of fused-ring (bicyclic) bond motifs is 1. The van der Waals surface area contributed by atoms with E-state index >= 15 is 0 Å².